The monoisotopic (exact) mass is 398 g/mol. The zero-order valence-corrected chi connectivity index (χ0v) is 15.9. The zero-order chi connectivity index (χ0) is 20.6. The van der Waals surface area contributed by atoms with E-state index in [2.05, 4.69) is 25.4 Å². The molecule has 3 rings (SSSR count). The fourth-order valence-electron chi connectivity index (χ4n) is 3.09. The van der Waals surface area contributed by atoms with E-state index in [1.807, 2.05) is 0 Å². The molecule has 0 unspecified atom stereocenters. The van der Waals surface area contributed by atoms with Crippen molar-refractivity contribution in [2.75, 3.05) is 37.4 Å². The predicted molar refractivity (Wildman–Crippen MR) is 95.0 cm³/mol. The number of anilines is 2. The number of nitrogens with one attached hydrogen (secondary N) is 1. The Balaban J connectivity index is 1.85. The van der Waals surface area contributed by atoms with E-state index in [0.717, 1.165) is 0 Å². The summed E-state index contributed by atoms with van der Waals surface area (Å²) in [7, 11) is 5.01. The molecule has 1 aliphatic heterocycles. The van der Waals surface area contributed by atoms with Crippen LogP contribution >= 0.6 is 0 Å². The SMILES string of the molecule is Cc1nc(N[C@@H]2CN(C(=O)c3ccnn3C)C[C@H]2C(F)(F)F)nc(N(C)C)n1. The van der Waals surface area contributed by atoms with Crippen LogP contribution in [0.15, 0.2) is 12.3 Å². The summed E-state index contributed by atoms with van der Waals surface area (Å²) < 4.78 is 42.1. The molecule has 0 radical (unpaired) electrons. The van der Waals surface area contributed by atoms with Crippen molar-refractivity contribution in [3.8, 4) is 0 Å². The average molecular weight is 398 g/mol. The normalized spacial score (nSPS) is 19.8. The standard InChI is InChI=1S/C16H21F3N8O/c1-9-21-14(24-15(22-9)25(2)3)23-11-8-27(7-10(11)16(17,18)19)13(28)12-5-6-20-26(12)4/h5-6,10-11H,7-8H2,1-4H3,(H,21,22,23,24)/t10-,11-/m1/s1. The molecule has 3 heterocycles. The summed E-state index contributed by atoms with van der Waals surface area (Å²) in [6, 6.07) is 0.402. The first-order valence-corrected chi connectivity index (χ1v) is 8.57. The van der Waals surface area contributed by atoms with Crippen LogP contribution in [0.1, 0.15) is 16.3 Å². The van der Waals surface area contributed by atoms with Crippen LogP contribution in [0.5, 0.6) is 0 Å². The molecule has 2 aromatic rings. The number of amides is 1. The van der Waals surface area contributed by atoms with E-state index >= 15 is 0 Å². The van der Waals surface area contributed by atoms with E-state index in [0.29, 0.717) is 11.8 Å². The van der Waals surface area contributed by atoms with Gasteiger partial charge in [-0.25, -0.2) is 0 Å². The maximum atomic E-state index is 13.6. The van der Waals surface area contributed by atoms with E-state index in [-0.39, 0.29) is 18.2 Å². The molecule has 1 saturated heterocycles. The van der Waals surface area contributed by atoms with Crippen molar-refractivity contribution in [2.24, 2.45) is 13.0 Å². The Hall–Kier alpha value is -2.92. The first-order chi connectivity index (χ1) is 13.1. The predicted octanol–water partition coefficient (Wildman–Crippen LogP) is 1.09. The Morgan fingerprint density at radius 2 is 1.96 bits per heavy atom. The van der Waals surface area contributed by atoms with Crippen molar-refractivity contribution in [3.63, 3.8) is 0 Å². The third-order valence-corrected chi connectivity index (χ3v) is 4.52. The van der Waals surface area contributed by atoms with Gasteiger partial charge in [-0.15, -0.1) is 0 Å². The van der Waals surface area contributed by atoms with Gasteiger partial charge in [0.1, 0.15) is 11.5 Å². The molecule has 152 valence electrons. The number of hydrogen-bond donors (Lipinski definition) is 1. The molecule has 0 bridgehead atoms. The molecule has 0 aromatic carbocycles. The third-order valence-electron chi connectivity index (χ3n) is 4.52. The van der Waals surface area contributed by atoms with E-state index in [9.17, 15) is 18.0 Å². The summed E-state index contributed by atoms with van der Waals surface area (Å²) in [5.41, 5.74) is 0.229. The molecular weight excluding hydrogens is 377 g/mol. The number of rotatable bonds is 4. The van der Waals surface area contributed by atoms with E-state index in [1.165, 1.54) is 21.8 Å². The van der Waals surface area contributed by atoms with Crippen LogP contribution in [-0.2, 0) is 7.05 Å². The zero-order valence-electron chi connectivity index (χ0n) is 15.9. The lowest BCUT2D eigenvalue weighted by molar-refractivity contribution is -0.171. The molecule has 12 heteroatoms. The molecule has 2 atom stereocenters. The highest BCUT2D eigenvalue weighted by Crippen LogP contribution is 2.35. The summed E-state index contributed by atoms with van der Waals surface area (Å²) >= 11 is 0. The number of aryl methyl sites for hydroxylation is 2. The van der Waals surface area contributed by atoms with E-state index in [1.54, 1.807) is 33.0 Å². The average Bonchev–Trinajstić information content (AvgIpc) is 3.19. The Morgan fingerprint density at radius 1 is 1.25 bits per heavy atom. The van der Waals surface area contributed by atoms with Crippen LogP contribution in [-0.4, -0.2) is 74.9 Å². The molecule has 9 nitrogen and oxygen atoms in total. The van der Waals surface area contributed by atoms with Crippen molar-refractivity contribution < 1.29 is 18.0 Å². The van der Waals surface area contributed by atoms with Crippen LogP contribution in [0.25, 0.3) is 0 Å². The summed E-state index contributed by atoms with van der Waals surface area (Å²) in [6.07, 6.45) is -3.05. The first-order valence-electron chi connectivity index (χ1n) is 8.57. The number of hydrogen-bond acceptors (Lipinski definition) is 7. The third kappa shape index (κ3) is 3.99. The molecule has 1 fully saturated rings. The van der Waals surface area contributed by atoms with Crippen molar-refractivity contribution in [1.82, 2.24) is 29.6 Å². The molecule has 0 spiro atoms. The fourth-order valence-corrected chi connectivity index (χ4v) is 3.09. The summed E-state index contributed by atoms with van der Waals surface area (Å²) in [6.45, 7) is 1.06. The smallest absolute Gasteiger partial charge is 0.349 e. The summed E-state index contributed by atoms with van der Waals surface area (Å²) in [5.74, 6) is -1.49. The number of likely N-dealkylation sites (tertiary alicyclic amines) is 1. The minimum atomic E-state index is -4.48. The number of carbonyl (C=O) groups is 1. The van der Waals surface area contributed by atoms with Gasteiger partial charge >= 0.3 is 6.18 Å². The van der Waals surface area contributed by atoms with Crippen molar-refractivity contribution in [1.29, 1.82) is 0 Å². The molecule has 1 aliphatic rings. The van der Waals surface area contributed by atoms with Gasteiger partial charge in [-0.3, -0.25) is 9.48 Å². The van der Waals surface area contributed by atoms with Crippen molar-refractivity contribution >= 4 is 17.8 Å². The number of alkyl halides is 3. The van der Waals surface area contributed by atoms with Gasteiger partial charge in [0.25, 0.3) is 5.91 Å². The highest BCUT2D eigenvalue weighted by Gasteiger charge is 2.51. The maximum Gasteiger partial charge on any atom is 0.395 e. The van der Waals surface area contributed by atoms with Gasteiger partial charge in [0.2, 0.25) is 11.9 Å². The fraction of sp³-hybridized carbons (Fsp3) is 0.562. The largest absolute Gasteiger partial charge is 0.395 e. The molecule has 1 N–H and O–H groups in total. The maximum absolute atomic E-state index is 13.6. The first kappa shape index (κ1) is 19.8. The minimum absolute atomic E-state index is 0.0466. The van der Waals surface area contributed by atoms with Crippen molar-refractivity contribution in [2.45, 2.75) is 19.1 Å². The van der Waals surface area contributed by atoms with Gasteiger partial charge in [0.15, 0.2) is 0 Å². The lowest BCUT2D eigenvalue weighted by Crippen LogP contribution is -2.38. The lowest BCUT2D eigenvalue weighted by atomic mass is 10.0. The van der Waals surface area contributed by atoms with Gasteiger partial charge in [0.05, 0.1) is 12.0 Å². The molecular formula is C16H21F3N8O. The number of aromatic nitrogens is 5. The van der Waals surface area contributed by atoms with Crippen LogP contribution in [0.2, 0.25) is 0 Å². The number of halogens is 3. The highest BCUT2D eigenvalue weighted by atomic mass is 19.4. The lowest BCUT2D eigenvalue weighted by Gasteiger charge is -2.22. The second-order valence-corrected chi connectivity index (χ2v) is 6.85. The van der Waals surface area contributed by atoms with E-state index in [4.69, 9.17) is 0 Å². The van der Waals surface area contributed by atoms with E-state index < -0.39 is 30.6 Å². The highest BCUT2D eigenvalue weighted by molar-refractivity contribution is 5.92. The van der Waals surface area contributed by atoms with Crippen LogP contribution in [0.3, 0.4) is 0 Å². The quantitative estimate of drug-likeness (QED) is 0.824. The van der Waals surface area contributed by atoms with Gasteiger partial charge in [-0.05, 0) is 13.0 Å². The van der Waals surface area contributed by atoms with Crippen LogP contribution in [0.4, 0.5) is 25.1 Å². The van der Waals surface area contributed by atoms with Gasteiger partial charge in [0, 0.05) is 40.4 Å². The Kier molecular flexibility index (Phi) is 5.13. The summed E-state index contributed by atoms with van der Waals surface area (Å²) in [4.78, 5) is 27.8. The summed E-state index contributed by atoms with van der Waals surface area (Å²) in [5, 5.41) is 6.65. The van der Waals surface area contributed by atoms with Gasteiger partial charge in [-0.1, -0.05) is 0 Å². The van der Waals surface area contributed by atoms with Crippen LogP contribution in [0, 0.1) is 12.8 Å². The molecule has 0 saturated carbocycles. The second kappa shape index (κ2) is 7.24. The molecule has 0 aliphatic carbocycles. The van der Waals surface area contributed by atoms with Crippen molar-refractivity contribution in [3.05, 3.63) is 23.8 Å². The van der Waals surface area contributed by atoms with Gasteiger partial charge in [-0.2, -0.15) is 33.2 Å². The molecule has 1 amide bonds. The second-order valence-electron chi connectivity index (χ2n) is 6.85. The molecule has 28 heavy (non-hydrogen) atoms. The van der Waals surface area contributed by atoms with Crippen LogP contribution < -0.4 is 10.2 Å². The number of nitrogens with zero attached hydrogens (tertiary/aromatic N) is 7. The molecule has 2 aromatic heterocycles. The Bertz CT molecular complexity index is 866. The number of carbonyl (C=O) groups excluding carboxylic acids is 1. The minimum Gasteiger partial charge on any atom is -0.349 e. The Morgan fingerprint density at radius 3 is 2.54 bits per heavy atom. The van der Waals surface area contributed by atoms with Gasteiger partial charge < -0.3 is 15.1 Å². The Labute approximate surface area is 159 Å². The topological polar surface area (TPSA) is 92.1 Å².